The number of benzene rings is 2. The van der Waals surface area contributed by atoms with Gasteiger partial charge in [0.05, 0.1) is 12.9 Å². The van der Waals surface area contributed by atoms with E-state index in [2.05, 4.69) is 5.32 Å². The third kappa shape index (κ3) is 6.55. The lowest BCUT2D eigenvalue weighted by Crippen LogP contribution is -2.27. The molecule has 2 aromatic rings. The molecule has 0 saturated carbocycles. The first-order chi connectivity index (χ1) is 11.2. The van der Waals surface area contributed by atoms with Crippen LogP contribution >= 0.6 is 23.4 Å². The number of thioether (sulfide) groups is 1. The topological polar surface area (TPSA) is 38.3 Å². The van der Waals surface area contributed by atoms with Crippen LogP contribution in [0.1, 0.15) is 11.1 Å². The lowest BCUT2D eigenvalue weighted by atomic mass is 10.1. The summed E-state index contributed by atoms with van der Waals surface area (Å²) in [6, 6.07) is 15.6. The minimum Gasteiger partial charge on any atom is -0.497 e. The summed E-state index contributed by atoms with van der Waals surface area (Å²) in [5, 5.41) is 3.67. The quantitative estimate of drug-likeness (QED) is 0.784. The van der Waals surface area contributed by atoms with Crippen LogP contribution in [0.25, 0.3) is 0 Å². The van der Waals surface area contributed by atoms with Crippen LogP contribution < -0.4 is 10.1 Å². The lowest BCUT2D eigenvalue weighted by molar-refractivity contribution is -0.118. The highest BCUT2D eigenvalue weighted by atomic mass is 35.5. The molecule has 1 N–H and O–H groups in total. The average Bonchev–Trinajstić information content (AvgIpc) is 2.57. The highest BCUT2D eigenvalue weighted by Gasteiger charge is 2.02. The molecule has 0 saturated heterocycles. The molecule has 5 heteroatoms. The number of carbonyl (C=O) groups is 1. The van der Waals surface area contributed by atoms with E-state index in [-0.39, 0.29) is 5.91 Å². The number of ether oxygens (including phenoxy) is 1. The van der Waals surface area contributed by atoms with E-state index in [0.717, 1.165) is 22.9 Å². The SMILES string of the molecule is COc1ccc(CSCC(=O)NCCc2ccc(Cl)cc2)cc1. The summed E-state index contributed by atoms with van der Waals surface area (Å²) in [4.78, 5) is 11.8. The number of hydrogen-bond acceptors (Lipinski definition) is 3. The zero-order chi connectivity index (χ0) is 16.5. The lowest BCUT2D eigenvalue weighted by Gasteiger charge is -2.06. The molecule has 3 nitrogen and oxygen atoms in total. The molecule has 1 amide bonds. The summed E-state index contributed by atoms with van der Waals surface area (Å²) >= 11 is 7.45. The molecular formula is C18H20ClNO2S. The molecule has 122 valence electrons. The van der Waals surface area contributed by atoms with Crippen molar-refractivity contribution in [3.63, 3.8) is 0 Å². The number of halogens is 1. The Hall–Kier alpha value is -1.65. The first-order valence-electron chi connectivity index (χ1n) is 7.39. The molecule has 0 bridgehead atoms. The normalized spacial score (nSPS) is 10.3. The fraction of sp³-hybridized carbons (Fsp3) is 0.278. The molecule has 0 aliphatic heterocycles. The highest BCUT2D eigenvalue weighted by molar-refractivity contribution is 7.99. The fourth-order valence-electron chi connectivity index (χ4n) is 2.03. The third-order valence-corrected chi connectivity index (χ3v) is 4.57. The predicted octanol–water partition coefficient (Wildman–Crippen LogP) is 3.94. The van der Waals surface area contributed by atoms with E-state index < -0.39 is 0 Å². The maximum atomic E-state index is 11.8. The number of rotatable bonds is 8. The number of methoxy groups -OCH3 is 1. The van der Waals surface area contributed by atoms with Gasteiger partial charge in [0.1, 0.15) is 5.75 Å². The smallest absolute Gasteiger partial charge is 0.230 e. The first kappa shape index (κ1) is 17.7. The number of nitrogens with one attached hydrogen (secondary N) is 1. The van der Waals surface area contributed by atoms with Crippen molar-refractivity contribution in [2.75, 3.05) is 19.4 Å². The zero-order valence-electron chi connectivity index (χ0n) is 13.0. The second-order valence-electron chi connectivity index (χ2n) is 5.07. The second-order valence-corrected chi connectivity index (χ2v) is 6.49. The van der Waals surface area contributed by atoms with Crippen molar-refractivity contribution in [3.8, 4) is 5.75 Å². The monoisotopic (exact) mass is 349 g/mol. The van der Waals surface area contributed by atoms with Crippen molar-refractivity contribution in [2.24, 2.45) is 0 Å². The van der Waals surface area contributed by atoms with Crippen molar-refractivity contribution in [1.82, 2.24) is 5.32 Å². The molecule has 0 atom stereocenters. The van der Waals surface area contributed by atoms with Crippen LogP contribution in [0.5, 0.6) is 5.75 Å². The van der Waals surface area contributed by atoms with Gasteiger partial charge >= 0.3 is 0 Å². The Bertz CT molecular complexity index is 614. The average molecular weight is 350 g/mol. The summed E-state index contributed by atoms with van der Waals surface area (Å²) < 4.78 is 5.12. The van der Waals surface area contributed by atoms with Crippen LogP contribution in [0.4, 0.5) is 0 Å². The summed E-state index contributed by atoms with van der Waals surface area (Å²) in [6.45, 7) is 0.642. The Morgan fingerprint density at radius 2 is 1.74 bits per heavy atom. The van der Waals surface area contributed by atoms with Gasteiger partial charge in [0.25, 0.3) is 0 Å². The standard InChI is InChI=1S/C18H20ClNO2S/c1-22-17-8-4-15(5-9-17)12-23-13-18(21)20-11-10-14-2-6-16(19)7-3-14/h2-9H,10-13H2,1H3,(H,20,21). The van der Waals surface area contributed by atoms with E-state index in [4.69, 9.17) is 16.3 Å². The van der Waals surface area contributed by atoms with Gasteiger partial charge in [-0.25, -0.2) is 0 Å². The maximum Gasteiger partial charge on any atom is 0.230 e. The van der Waals surface area contributed by atoms with Crippen LogP contribution in [-0.4, -0.2) is 25.3 Å². The Balaban J connectivity index is 1.62. The van der Waals surface area contributed by atoms with E-state index in [1.54, 1.807) is 18.9 Å². The van der Waals surface area contributed by atoms with Gasteiger partial charge in [-0.3, -0.25) is 4.79 Å². The van der Waals surface area contributed by atoms with Gasteiger partial charge in [0.15, 0.2) is 0 Å². The van der Waals surface area contributed by atoms with E-state index in [0.29, 0.717) is 12.3 Å². The Kier molecular flexibility index (Phi) is 7.30. The predicted molar refractivity (Wildman–Crippen MR) is 97.3 cm³/mol. The fourth-order valence-corrected chi connectivity index (χ4v) is 2.98. The Labute approximate surface area is 146 Å². The van der Waals surface area contributed by atoms with Crippen LogP contribution in [0, 0.1) is 0 Å². The Morgan fingerprint density at radius 1 is 1.09 bits per heavy atom. The van der Waals surface area contributed by atoms with Crippen molar-refractivity contribution in [1.29, 1.82) is 0 Å². The molecule has 2 rings (SSSR count). The summed E-state index contributed by atoms with van der Waals surface area (Å²) in [7, 11) is 1.65. The molecule has 0 radical (unpaired) electrons. The van der Waals surface area contributed by atoms with Gasteiger partial charge in [-0.2, -0.15) is 0 Å². The van der Waals surface area contributed by atoms with Gasteiger partial charge in [-0.05, 0) is 41.8 Å². The van der Waals surface area contributed by atoms with Gasteiger partial charge in [-0.1, -0.05) is 35.9 Å². The minimum absolute atomic E-state index is 0.0671. The largest absolute Gasteiger partial charge is 0.497 e. The van der Waals surface area contributed by atoms with E-state index >= 15 is 0 Å². The number of hydrogen-bond donors (Lipinski definition) is 1. The molecule has 0 aliphatic carbocycles. The van der Waals surface area contributed by atoms with E-state index in [1.165, 1.54) is 11.1 Å². The van der Waals surface area contributed by atoms with Crippen LogP contribution in [0.3, 0.4) is 0 Å². The molecule has 0 aromatic heterocycles. The molecule has 0 aliphatic rings. The molecule has 23 heavy (non-hydrogen) atoms. The third-order valence-electron chi connectivity index (χ3n) is 3.31. The van der Waals surface area contributed by atoms with Crippen molar-refractivity contribution in [3.05, 3.63) is 64.7 Å². The minimum atomic E-state index is 0.0671. The molecule has 0 heterocycles. The zero-order valence-corrected chi connectivity index (χ0v) is 14.6. The molecular weight excluding hydrogens is 330 g/mol. The molecule has 0 unspecified atom stereocenters. The summed E-state index contributed by atoms with van der Waals surface area (Å²) in [5.41, 5.74) is 2.35. The number of carbonyl (C=O) groups excluding carboxylic acids is 1. The van der Waals surface area contributed by atoms with E-state index in [1.807, 2.05) is 48.5 Å². The molecule has 2 aromatic carbocycles. The Morgan fingerprint density at radius 3 is 2.39 bits per heavy atom. The summed E-state index contributed by atoms with van der Waals surface area (Å²) in [6.07, 6.45) is 0.812. The van der Waals surface area contributed by atoms with Crippen molar-refractivity contribution in [2.45, 2.75) is 12.2 Å². The van der Waals surface area contributed by atoms with E-state index in [9.17, 15) is 4.79 Å². The number of amides is 1. The van der Waals surface area contributed by atoms with Gasteiger partial charge in [0, 0.05) is 17.3 Å². The van der Waals surface area contributed by atoms with Crippen LogP contribution in [-0.2, 0) is 17.0 Å². The van der Waals surface area contributed by atoms with Gasteiger partial charge in [0.2, 0.25) is 5.91 Å². The molecule has 0 fully saturated rings. The van der Waals surface area contributed by atoms with Gasteiger partial charge < -0.3 is 10.1 Å². The van der Waals surface area contributed by atoms with Crippen molar-refractivity contribution >= 4 is 29.3 Å². The van der Waals surface area contributed by atoms with Crippen molar-refractivity contribution < 1.29 is 9.53 Å². The molecule has 0 spiro atoms. The van der Waals surface area contributed by atoms with Gasteiger partial charge in [-0.15, -0.1) is 11.8 Å². The second kappa shape index (κ2) is 9.48. The summed E-state index contributed by atoms with van der Waals surface area (Å²) in [5.74, 6) is 2.19. The van der Waals surface area contributed by atoms with Crippen LogP contribution in [0.15, 0.2) is 48.5 Å². The maximum absolute atomic E-state index is 11.8. The first-order valence-corrected chi connectivity index (χ1v) is 8.92. The highest BCUT2D eigenvalue weighted by Crippen LogP contribution is 2.16. The van der Waals surface area contributed by atoms with Crippen LogP contribution in [0.2, 0.25) is 5.02 Å².